The Morgan fingerprint density at radius 3 is 2.50 bits per heavy atom. The standard InChI is InChI=1S/C22H31FN2O7/c1-5-30-14-7-6-13(16(23)9-14)8-15-12(4)25(11(2)3)24-21(15)32-22-20(29)19(28)18(27)17(10-26)31-22/h6-7,9,11,17-20,22,26-29H,5,8,10H2,1-4H3/t17-,18-,19-,20-,22?/m1/s1. The van der Waals surface area contributed by atoms with E-state index in [0.717, 1.165) is 5.69 Å². The van der Waals surface area contributed by atoms with Gasteiger partial charge >= 0.3 is 0 Å². The highest BCUT2D eigenvalue weighted by atomic mass is 19.1. The zero-order valence-electron chi connectivity index (χ0n) is 18.6. The number of benzene rings is 1. The minimum absolute atomic E-state index is 0.0222. The van der Waals surface area contributed by atoms with Crippen molar-refractivity contribution in [2.75, 3.05) is 13.2 Å². The summed E-state index contributed by atoms with van der Waals surface area (Å²) in [5.41, 5.74) is 1.73. The number of ether oxygens (including phenoxy) is 3. The van der Waals surface area contributed by atoms with E-state index in [9.17, 15) is 24.8 Å². The lowest BCUT2D eigenvalue weighted by Gasteiger charge is -2.39. The smallest absolute Gasteiger partial charge is 0.239 e. The first-order chi connectivity index (χ1) is 15.2. The zero-order valence-corrected chi connectivity index (χ0v) is 18.6. The lowest BCUT2D eigenvalue weighted by Crippen LogP contribution is -2.60. The summed E-state index contributed by atoms with van der Waals surface area (Å²) in [5, 5.41) is 44.2. The van der Waals surface area contributed by atoms with Crippen LogP contribution in [0.25, 0.3) is 0 Å². The second-order valence-corrected chi connectivity index (χ2v) is 8.09. The van der Waals surface area contributed by atoms with Gasteiger partial charge in [-0.2, -0.15) is 0 Å². The lowest BCUT2D eigenvalue weighted by molar-refractivity contribution is -0.278. The van der Waals surface area contributed by atoms with Crippen molar-refractivity contribution in [1.82, 2.24) is 9.78 Å². The van der Waals surface area contributed by atoms with E-state index >= 15 is 0 Å². The summed E-state index contributed by atoms with van der Waals surface area (Å²) in [4.78, 5) is 0. The van der Waals surface area contributed by atoms with E-state index in [-0.39, 0.29) is 18.3 Å². The quantitative estimate of drug-likeness (QED) is 0.467. The van der Waals surface area contributed by atoms with Crippen LogP contribution in [0.1, 0.15) is 43.6 Å². The summed E-state index contributed by atoms with van der Waals surface area (Å²) in [7, 11) is 0. The van der Waals surface area contributed by atoms with Crippen molar-refractivity contribution >= 4 is 0 Å². The average Bonchev–Trinajstić information content (AvgIpc) is 3.06. The van der Waals surface area contributed by atoms with Crippen LogP contribution in [0.15, 0.2) is 18.2 Å². The Balaban J connectivity index is 1.92. The normalized spacial score (nSPS) is 25.9. The largest absolute Gasteiger partial charge is 0.494 e. The zero-order chi connectivity index (χ0) is 23.6. The molecule has 0 spiro atoms. The van der Waals surface area contributed by atoms with E-state index in [1.165, 1.54) is 6.07 Å². The molecule has 1 aliphatic rings. The summed E-state index contributed by atoms with van der Waals surface area (Å²) < 4.78 is 33.0. The van der Waals surface area contributed by atoms with Gasteiger partial charge in [-0.1, -0.05) is 6.07 Å². The van der Waals surface area contributed by atoms with Gasteiger partial charge < -0.3 is 34.6 Å². The van der Waals surface area contributed by atoms with Gasteiger partial charge in [-0.05, 0) is 39.3 Å². The number of hydrogen-bond donors (Lipinski definition) is 4. The molecule has 0 amide bonds. The predicted octanol–water partition coefficient (Wildman–Crippen LogP) is 1.08. The van der Waals surface area contributed by atoms with Crippen LogP contribution in [0.2, 0.25) is 0 Å². The highest BCUT2D eigenvalue weighted by Crippen LogP contribution is 2.31. The maximum Gasteiger partial charge on any atom is 0.239 e. The van der Waals surface area contributed by atoms with Gasteiger partial charge in [0.05, 0.1) is 13.2 Å². The summed E-state index contributed by atoms with van der Waals surface area (Å²) in [6.07, 6.45) is -6.99. The fourth-order valence-corrected chi connectivity index (χ4v) is 3.72. The molecular weight excluding hydrogens is 423 g/mol. The lowest BCUT2D eigenvalue weighted by atomic mass is 9.99. The molecule has 1 saturated heterocycles. The molecule has 5 atom stereocenters. The van der Waals surface area contributed by atoms with E-state index in [2.05, 4.69) is 5.10 Å². The Kier molecular flexibility index (Phi) is 7.73. The molecule has 1 aromatic carbocycles. The molecule has 2 aromatic rings. The van der Waals surface area contributed by atoms with Crippen molar-refractivity contribution in [1.29, 1.82) is 0 Å². The summed E-state index contributed by atoms with van der Waals surface area (Å²) in [6, 6.07) is 4.61. The molecule has 9 nitrogen and oxygen atoms in total. The summed E-state index contributed by atoms with van der Waals surface area (Å²) >= 11 is 0. The molecule has 0 saturated carbocycles. The van der Waals surface area contributed by atoms with E-state index in [0.29, 0.717) is 23.5 Å². The van der Waals surface area contributed by atoms with Crippen LogP contribution in [-0.4, -0.2) is 74.1 Å². The van der Waals surface area contributed by atoms with Gasteiger partial charge in [-0.15, -0.1) is 5.10 Å². The number of halogens is 1. The van der Waals surface area contributed by atoms with Gasteiger partial charge in [0, 0.05) is 29.8 Å². The van der Waals surface area contributed by atoms with Crippen LogP contribution in [0.5, 0.6) is 11.6 Å². The number of rotatable bonds is 8. The first-order valence-corrected chi connectivity index (χ1v) is 10.6. The number of hydrogen-bond acceptors (Lipinski definition) is 8. The first kappa shape index (κ1) is 24.4. The third kappa shape index (κ3) is 4.89. The molecule has 0 radical (unpaired) electrons. The van der Waals surface area contributed by atoms with Gasteiger partial charge in [0.1, 0.15) is 36.0 Å². The van der Waals surface area contributed by atoms with Crippen LogP contribution in [-0.2, 0) is 11.2 Å². The van der Waals surface area contributed by atoms with Crippen LogP contribution in [0, 0.1) is 12.7 Å². The van der Waals surface area contributed by atoms with E-state index < -0.39 is 43.1 Å². The maximum absolute atomic E-state index is 14.7. The van der Waals surface area contributed by atoms with Gasteiger partial charge in [0.25, 0.3) is 0 Å². The molecule has 4 N–H and O–H groups in total. The summed E-state index contributed by atoms with van der Waals surface area (Å²) in [5.74, 6) is 0.0985. The monoisotopic (exact) mass is 454 g/mol. The van der Waals surface area contributed by atoms with E-state index in [4.69, 9.17) is 14.2 Å². The van der Waals surface area contributed by atoms with Gasteiger partial charge in [-0.3, -0.25) is 4.68 Å². The summed E-state index contributed by atoms with van der Waals surface area (Å²) in [6.45, 7) is 7.36. The van der Waals surface area contributed by atoms with Crippen molar-refractivity contribution in [3.05, 3.63) is 40.8 Å². The Morgan fingerprint density at radius 2 is 1.91 bits per heavy atom. The minimum Gasteiger partial charge on any atom is -0.494 e. The van der Waals surface area contributed by atoms with Crippen LogP contribution in [0.3, 0.4) is 0 Å². The van der Waals surface area contributed by atoms with E-state index in [1.54, 1.807) is 16.8 Å². The molecule has 1 fully saturated rings. The number of aliphatic hydroxyl groups excluding tert-OH is 4. The highest BCUT2D eigenvalue weighted by molar-refractivity contribution is 5.39. The Hall–Kier alpha value is -2.24. The van der Waals surface area contributed by atoms with Crippen molar-refractivity contribution in [3.63, 3.8) is 0 Å². The Bertz CT molecular complexity index is 918. The van der Waals surface area contributed by atoms with Gasteiger partial charge in [0.2, 0.25) is 12.2 Å². The first-order valence-electron chi connectivity index (χ1n) is 10.6. The van der Waals surface area contributed by atoms with Crippen LogP contribution < -0.4 is 9.47 Å². The van der Waals surface area contributed by atoms with Crippen molar-refractivity contribution in [2.24, 2.45) is 0 Å². The molecule has 178 valence electrons. The molecule has 3 rings (SSSR count). The molecule has 0 bridgehead atoms. The molecule has 0 aliphatic carbocycles. The van der Waals surface area contributed by atoms with Crippen LogP contribution in [0.4, 0.5) is 4.39 Å². The molecule has 10 heteroatoms. The van der Waals surface area contributed by atoms with Crippen molar-refractivity contribution < 1.29 is 39.0 Å². The number of nitrogens with zero attached hydrogens (tertiary/aromatic N) is 2. The SMILES string of the molecule is CCOc1ccc(Cc2c(OC3O[C@H](CO)[C@@H](O)[C@@H](O)[C@H]3O)nn(C(C)C)c2C)c(F)c1. The topological polar surface area (TPSA) is 126 Å². The minimum atomic E-state index is -1.58. The third-order valence-electron chi connectivity index (χ3n) is 5.51. The maximum atomic E-state index is 14.7. The molecule has 1 unspecified atom stereocenters. The molecule has 1 aliphatic heterocycles. The molecule has 1 aromatic heterocycles. The average molecular weight is 454 g/mol. The molecular formula is C22H31FN2O7. The number of aliphatic hydroxyl groups is 4. The second kappa shape index (κ2) is 10.1. The predicted molar refractivity (Wildman–Crippen MR) is 112 cm³/mol. The van der Waals surface area contributed by atoms with Crippen molar-refractivity contribution in [3.8, 4) is 11.6 Å². The Morgan fingerprint density at radius 1 is 1.19 bits per heavy atom. The van der Waals surface area contributed by atoms with Crippen molar-refractivity contribution in [2.45, 2.75) is 70.9 Å². The Labute approximate surface area is 186 Å². The molecule has 2 heterocycles. The highest BCUT2D eigenvalue weighted by Gasteiger charge is 2.45. The number of aromatic nitrogens is 2. The second-order valence-electron chi connectivity index (χ2n) is 8.09. The fourth-order valence-electron chi connectivity index (χ4n) is 3.72. The van der Waals surface area contributed by atoms with Crippen LogP contribution >= 0.6 is 0 Å². The van der Waals surface area contributed by atoms with Gasteiger partial charge in [0.15, 0.2) is 0 Å². The van der Waals surface area contributed by atoms with E-state index in [1.807, 2.05) is 27.7 Å². The fraction of sp³-hybridized carbons (Fsp3) is 0.591. The van der Waals surface area contributed by atoms with Gasteiger partial charge in [-0.25, -0.2) is 4.39 Å². The molecule has 32 heavy (non-hydrogen) atoms. The third-order valence-corrected chi connectivity index (χ3v) is 5.51.